The van der Waals surface area contributed by atoms with Gasteiger partial charge in [0.05, 0.1) is 6.04 Å². The van der Waals surface area contributed by atoms with E-state index in [1.807, 2.05) is 5.94 Å². The van der Waals surface area contributed by atoms with E-state index in [4.69, 9.17) is 12.8 Å². The Morgan fingerprint density at radius 3 is 3.00 bits per heavy atom. The van der Waals surface area contributed by atoms with Crippen molar-refractivity contribution in [2.45, 2.75) is 12.5 Å². The Bertz CT molecular complexity index is 164. The Kier molecular flexibility index (Phi) is 1.93. The second-order valence-electron chi connectivity index (χ2n) is 1.90. The number of rotatable bonds is 2. The van der Waals surface area contributed by atoms with Crippen molar-refractivity contribution in [3.05, 3.63) is 5.57 Å². The predicted octanol–water partition coefficient (Wildman–Crippen LogP) is 0.0656. The summed E-state index contributed by atoms with van der Waals surface area (Å²) in [5.74, 6) is 1.82. The van der Waals surface area contributed by atoms with Gasteiger partial charge in [0.15, 0.2) is 0 Å². The van der Waals surface area contributed by atoms with Crippen molar-refractivity contribution in [2.24, 2.45) is 0 Å². The van der Waals surface area contributed by atoms with E-state index in [0.29, 0.717) is 0 Å². The normalized spacial score (nSPS) is 24.3. The molecule has 0 heterocycles. The fourth-order valence-electron chi connectivity index (χ4n) is 0.639. The maximum absolute atomic E-state index is 9.94. The molecule has 49 valence electrons. The van der Waals surface area contributed by atoms with Crippen molar-refractivity contribution in [3.8, 4) is 0 Å². The molecule has 0 amide bonds. The van der Waals surface area contributed by atoms with Gasteiger partial charge in [0.25, 0.3) is 0 Å². The molecule has 0 aromatic carbocycles. The van der Waals surface area contributed by atoms with Crippen LogP contribution < -0.4 is 5.43 Å². The summed E-state index contributed by atoms with van der Waals surface area (Å²) in [5.41, 5.74) is 3.50. The van der Waals surface area contributed by atoms with Gasteiger partial charge in [0.2, 0.25) is 0 Å². The summed E-state index contributed by atoms with van der Waals surface area (Å²) in [7, 11) is 1.73. The molecule has 1 saturated carbocycles. The van der Waals surface area contributed by atoms with Gasteiger partial charge in [-0.05, 0) is 7.05 Å². The van der Waals surface area contributed by atoms with Crippen molar-refractivity contribution >= 4 is 18.8 Å². The quantitative estimate of drug-likeness (QED) is 0.438. The van der Waals surface area contributed by atoms with Gasteiger partial charge >= 0.3 is 0 Å². The van der Waals surface area contributed by atoms with E-state index in [2.05, 4.69) is 5.43 Å². The third-order valence-corrected chi connectivity index (χ3v) is 1.73. The lowest BCUT2D eigenvalue weighted by Crippen LogP contribution is -2.27. The Balaban J connectivity index is 2.42. The maximum Gasteiger partial charge on any atom is 0.125 e. The monoisotopic (exact) mass is 143 g/mol. The van der Waals surface area contributed by atoms with Crippen LogP contribution in [-0.4, -0.2) is 23.4 Å². The number of hydrogen-bond acceptors (Lipinski definition) is 3. The van der Waals surface area contributed by atoms with E-state index in [1.54, 1.807) is 7.05 Å². The van der Waals surface area contributed by atoms with Crippen LogP contribution in [0.5, 0.6) is 0 Å². The molecule has 1 unspecified atom stereocenters. The first-order valence-corrected chi connectivity index (χ1v) is 3.03. The van der Waals surface area contributed by atoms with Crippen LogP contribution in [-0.2, 0) is 4.79 Å². The molecule has 4 heteroatoms. The van der Waals surface area contributed by atoms with Crippen molar-refractivity contribution in [2.75, 3.05) is 7.05 Å². The first-order valence-electron chi connectivity index (χ1n) is 2.67. The largest absolute Gasteiger partial charge is 0.247 e. The molecular formula is C5H7N2OS. The molecule has 1 aliphatic carbocycles. The zero-order chi connectivity index (χ0) is 6.85. The summed E-state index contributed by atoms with van der Waals surface area (Å²) in [5, 5.41) is 0. The molecule has 1 fully saturated rings. The lowest BCUT2D eigenvalue weighted by Gasteiger charge is -2.07. The molecule has 1 atom stereocenters. The van der Waals surface area contributed by atoms with Crippen LogP contribution in [0, 0.1) is 0 Å². The van der Waals surface area contributed by atoms with Crippen LogP contribution >= 0.6 is 12.8 Å². The van der Waals surface area contributed by atoms with Gasteiger partial charge in [0, 0.05) is 24.8 Å². The molecule has 1 aliphatic rings. The van der Waals surface area contributed by atoms with Crippen molar-refractivity contribution in [1.29, 1.82) is 0 Å². The number of nitrogens with zero attached hydrogens (tertiary/aromatic N) is 1. The SMILES string of the molecule is CNN([S])C1CC1=C=O. The number of hydrogen-bond donors (Lipinski definition) is 1. The minimum absolute atomic E-state index is 0.127. The van der Waals surface area contributed by atoms with Crippen LogP contribution in [0.1, 0.15) is 6.42 Å². The predicted molar refractivity (Wildman–Crippen MR) is 36.1 cm³/mol. The average Bonchev–Trinajstić information content (AvgIpc) is 2.64. The van der Waals surface area contributed by atoms with Gasteiger partial charge < -0.3 is 0 Å². The summed E-state index contributed by atoms with van der Waals surface area (Å²) in [4.78, 5) is 9.94. The van der Waals surface area contributed by atoms with E-state index >= 15 is 0 Å². The first-order chi connectivity index (χ1) is 4.29. The number of hydrazine groups is 1. The van der Waals surface area contributed by atoms with Gasteiger partial charge in [-0.2, -0.15) is 4.41 Å². The molecule has 1 radical (unpaired) electrons. The lowest BCUT2D eigenvalue weighted by molar-refractivity contribution is 0.393. The third-order valence-electron chi connectivity index (χ3n) is 1.29. The minimum atomic E-state index is 0.127. The van der Waals surface area contributed by atoms with Gasteiger partial charge in [-0.25, -0.2) is 10.2 Å². The van der Waals surface area contributed by atoms with Crippen LogP contribution in [0.15, 0.2) is 5.57 Å². The summed E-state index contributed by atoms with van der Waals surface area (Å²) >= 11 is 4.79. The molecule has 0 aliphatic heterocycles. The smallest absolute Gasteiger partial charge is 0.125 e. The van der Waals surface area contributed by atoms with E-state index in [1.165, 1.54) is 4.41 Å². The molecule has 3 nitrogen and oxygen atoms in total. The molecule has 0 bridgehead atoms. The van der Waals surface area contributed by atoms with Crippen LogP contribution in [0.3, 0.4) is 0 Å². The molecule has 1 N–H and O–H groups in total. The number of carbonyl (C=O) groups excluding carboxylic acids is 1. The van der Waals surface area contributed by atoms with E-state index in [-0.39, 0.29) is 6.04 Å². The Hall–Kier alpha value is -0.280. The summed E-state index contributed by atoms with van der Waals surface area (Å²) < 4.78 is 1.49. The van der Waals surface area contributed by atoms with Gasteiger partial charge in [-0.1, -0.05) is 0 Å². The van der Waals surface area contributed by atoms with Gasteiger partial charge in [0.1, 0.15) is 5.94 Å². The molecule has 1 rings (SSSR count). The Morgan fingerprint density at radius 1 is 2.00 bits per heavy atom. The maximum atomic E-state index is 9.94. The fraction of sp³-hybridized carbons (Fsp3) is 0.600. The zero-order valence-corrected chi connectivity index (χ0v) is 5.86. The Labute approximate surface area is 59.2 Å². The highest BCUT2D eigenvalue weighted by atomic mass is 32.1. The zero-order valence-electron chi connectivity index (χ0n) is 5.05. The van der Waals surface area contributed by atoms with Gasteiger partial charge in [-0.15, -0.1) is 0 Å². The van der Waals surface area contributed by atoms with Crippen molar-refractivity contribution in [1.82, 2.24) is 9.84 Å². The average molecular weight is 143 g/mol. The van der Waals surface area contributed by atoms with Crippen LogP contribution in [0.2, 0.25) is 0 Å². The summed E-state index contributed by atoms with van der Waals surface area (Å²) in [6.07, 6.45) is 0.772. The van der Waals surface area contributed by atoms with Crippen LogP contribution in [0.25, 0.3) is 0 Å². The highest BCUT2D eigenvalue weighted by Crippen LogP contribution is 2.31. The molecule has 0 spiro atoms. The van der Waals surface area contributed by atoms with E-state index in [9.17, 15) is 4.79 Å². The molecule has 0 aromatic rings. The third kappa shape index (κ3) is 1.34. The van der Waals surface area contributed by atoms with Crippen molar-refractivity contribution in [3.63, 3.8) is 0 Å². The molecule has 0 saturated heterocycles. The molecule has 0 aromatic heterocycles. The summed E-state index contributed by atoms with van der Waals surface area (Å²) in [6.45, 7) is 0. The second-order valence-corrected chi connectivity index (χ2v) is 2.29. The summed E-state index contributed by atoms with van der Waals surface area (Å²) in [6, 6.07) is 0.127. The first kappa shape index (κ1) is 6.83. The highest BCUT2D eigenvalue weighted by molar-refractivity contribution is 7.77. The minimum Gasteiger partial charge on any atom is -0.247 e. The topological polar surface area (TPSA) is 32.3 Å². The molecular weight excluding hydrogens is 136 g/mol. The van der Waals surface area contributed by atoms with Crippen LogP contribution in [0.4, 0.5) is 0 Å². The highest BCUT2D eigenvalue weighted by Gasteiger charge is 2.35. The molecule has 9 heavy (non-hydrogen) atoms. The second kappa shape index (κ2) is 2.54. The lowest BCUT2D eigenvalue weighted by atomic mass is 10.6. The van der Waals surface area contributed by atoms with Crippen molar-refractivity contribution < 1.29 is 4.79 Å². The number of nitrogens with one attached hydrogen (secondary N) is 1. The van der Waals surface area contributed by atoms with E-state index in [0.717, 1.165) is 12.0 Å². The fourth-order valence-corrected chi connectivity index (χ4v) is 0.841. The Morgan fingerprint density at radius 2 is 2.67 bits per heavy atom. The van der Waals surface area contributed by atoms with E-state index < -0.39 is 0 Å². The van der Waals surface area contributed by atoms with Gasteiger partial charge in [-0.3, -0.25) is 0 Å². The standard InChI is InChI=1S/C5H7N2OS/c1-6-7(9)5-2-4(5)3-8/h5-6H,2H2,1H3.